The van der Waals surface area contributed by atoms with E-state index >= 15 is 0 Å². The molecule has 0 saturated carbocycles. The fraction of sp³-hybridized carbons (Fsp3) is 0.136. The Kier molecular flexibility index (Phi) is 6.47. The first-order valence-electron chi connectivity index (χ1n) is 9.17. The first-order chi connectivity index (χ1) is 14.2. The van der Waals surface area contributed by atoms with Crippen LogP contribution in [0.15, 0.2) is 71.6 Å². The molecule has 0 heterocycles. The Bertz CT molecular complexity index is 1160. The fourth-order valence-corrected chi connectivity index (χ4v) is 4.18. The maximum atomic E-state index is 13.8. The van der Waals surface area contributed by atoms with Crippen molar-refractivity contribution in [3.8, 4) is 0 Å². The van der Waals surface area contributed by atoms with Crippen LogP contribution >= 0.6 is 0 Å². The van der Waals surface area contributed by atoms with Gasteiger partial charge in [0.1, 0.15) is 11.6 Å². The van der Waals surface area contributed by atoms with Gasteiger partial charge < -0.3 is 5.32 Å². The lowest BCUT2D eigenvalue weighted by Gasteiger charge is -2.13. The quantitative estimate of drug-likeness (QED) is 0.573. The van der Waals surface area contributed by atoms with Crippen molar-refractivity contribution in [2.75, 3.05) is 10.0 Å². The summed E-state index contributed by atoms with van der Waals surface area (Å²) < 4.78 is 54.5. The van der Waals surface area contributed by atoms with Crippen molar-refractivity contribution in [2.45, 2.75) is 24.7 Å². The van der Waals surface area contributed by atoms with Gasteiger partial charge in [-0.3, -0.25) is 9.52 Å². The summed E-state index contributed by atoms with van der Waals surface area (Å²) in [6.07, 6.45) is 0.563. The smallest absolute Gasteiger partial charge is 0.262 e. The molecule has 8 heteroatoms. The van der Waals surface area contributed by atoms with Gasteiger partial charge in [-0.2, -0.15) is 0 Å². The van der Waals surface area contributed by atoms with E-state index in [9.17, 15) is 22.0 Å². The van der Waals surface area contributed by atoms with Gasteiger partial charge in [0.05, 0.1) is 10.6 Å². The minimum Gasteiger partial charge on any atom is -0.326 e. The molecule has 0 aromatic heterocycles. The molecule has 0 aliphatic carbocycles. The van der Waals surface area contributed by atoms with Crippen molar-refractivity contribution >= 4 is 27.3 Å². The van der Waals surface area contributed by atoms with Crippen LogP contribution in [0.25, 0.3) is 0 Å². The molecule has 3 aromatic carbocycles. The van der Waals surface area contributed by atoms with Gasteiger partial charge in [-0.05, 0) is 60.9 Å². The zero-order valence-corrected chi connectivity index (χ0v) is 17.0. The lowest BCUT2D eigenvalue weighted by Crippen LogP contribution is -2.17. The molecule has 2 N–H and O–H groups in total. The number of hydrogen-bond donors (Lipinski definition) is 2. The van der Waals surface area contributed by atoms with Gasteiger partial charge in [0.25, 0.3) is 10.0 Å². The van der Waals surface area contributed by atoms with Crippen LogP contribution in [0.2, 0.25) is 0 Å². The summed E-state index contributed by atoms with van der Waals surface area (Å²) in [5.74, 6) is -1.35. The number of carbonyl (C=O) groups is 1. The Morgan fingerprint density at radius 3 is 2.37 bits per heavy atom. The average Bonchev–Trinajstić information content (AvgIpc) is 2.70. The van der Waals surface area contributed by atoms with Gasteiger partial charge in [0, 0.05) is 12.1 Å². The monoisotopic (exact) mass is 430 g/mol. The number of halogens is 2. The molecule has 0 aliphatic heterocycles. The molecule has 0 radical (unpaired) electrons. The molecular formula is C22H20F2N2O3S. The number of hydrogen-bond acceptors (Lipinski definition) is 3. The first kappa shape index (κ1) is 21.4. The van der Waals surface area contributed by atoms with Crippen LogP contribution in [0.4, 0.5) is 20.2 Å². The highest BCUT2D eigenvalue weighted by Gasteiger charge is 2.19. The summed E-state index contributed by atoms with van der Waals surface area (Å²) in [4.78, 5) is 12.2. The molecule has 1 amide bonds. The Hall–Kier alpha value is -3.26. The number of nitrogens with one attached hydrogen (secondary N) is 2. The summed E-state index contributed by atoms with van der Waals surface area (Å²) >= 11 is 0. The van der Waals surface area contributed by atoms with Crippen LogP contribution < -0.4 is 10.0 Å². The topological polar surface area (TPSA) is 75.3 Å². The zero-order valence-electron chi connectivity index (χ0n) is 16.2. The number of carbonyl (C=O) groups excluding carboxylic acids is 1. The summed E-state index contributed by atoms with van der Waals surface area (Å²) in [5, 5.41) is 2.66. The molecule has 3 aromatic rings. The molecule has 3 rings (SSSR count). The number of para-hydroxylation sites is 1. The summed E-state index contributed by atoms with van der Waals surface area (Å²) in [5.41, 5.74) is 1.40. The highest BCUT2D eigenvalue weighted by Crippen LogP contribution is 2.24. The van der Waals surface area contributed by atoms with Crippen LogP contribution in [-0.2, 0) is 21.2 Å². The van der Waals surface area contributed by atoms with Crippen molar-refractivity contribution in [1.29, 1.82) is 0 Å². The standard InChI is InChI=1S/C22H20F2N2O3S/c1-15-6-12-18(25-22(27)13-9-16-7-10-17(23)11-8-16)14-21(15)30(28,29)26-20-5-3-2-4-19(20)24/h2-8,10-12,14,26H,9,13H2,1H3,(H,25,27). The second-order valence-corrected chi connectivity index (χ2v) is 8.39. The molecule has 156 valence electrons. The van der Waals surface area contributed by atoms with E-state index < -0.39 is 15.8 Å². The Labute approximate surface area is 173 Å². The summed E-state index contributed by atoms with van der Waals surface area (Å²) in [7, 11) is -4.06. The van der Waals surface area contributed by atoms with Crippen molar-refractivity contribution in [3.05, 3.63) is 89.5 Å². The molecule has 0 aliphatic rings. The third-order valence-electron chi connectivity index (χ3n) is 4.43. The lowest BCUT2D eigenvalue weighted by molar-refractivity contribution is -0.116. The second-order valence-electron chi connectivity index (χ2n) is 6.74. The van der Waals surface area contributed by atoms with Gasteiger partial charge in [0.15, 0.2) is 0 Å². The number of anilines is 2. The highest BCUT2D eigenvalue weighted by atomic mass is 32.2. The molecule has 0 spiro atoms. The van der Waals surface area contributed by atoms with E-state index in [0.29, 0.717) is 17.7 Å². The highest BCUT2D eigenvalue weighted by molar-refractivity contribution is 7.92. The summed E-state index contributed by atoms with van der Waals surface area (Å²) in [6.45, 7) is 1.61. The normalized spacial score (nSPS) is 11.2. The maximum absolute atomic E-state index is 13.8. The van der Waals surface area contributed by atoms with Crippen LogP contribution in [0, 0.1) is 18.6 Å². The largest absolute Gasteiger partial charge is 0.326 e. The van der Waals surface area contributed by atoms with E-state index in [1.807, 2.05) is 0 Å². The molecule has 0 atom stereocenters. The van der Waals surface area contributed by atoms with E-state index in [0.717, 1.165) is 11.6 Å². The molecule has 0 unspecified atom stereocenters. The predicted molar refractivity (Wildman–Crippen MR) is 112 cm³/mol. The number of rotatable bonds is 7. The van der Waals surface area contributed by atoms with Gasteiger partial charge in [-0.15, -0.1) is 0 Å². The minimum atomic E-state index is -4.06. The number of amides is 1. The average molecular weight is 430 g/mol. The first-order valence-corrected chi connectivity index (χ1v) is 10.7. The maximum Gasteiger partial charge on any atom is 0.262 e. The Balaban J connectivity index is 1.72. The van der Waals surface area contributed by atoms with Crippen LogP contribution in [0.3, 0.4) is 0 Å². The van der Waals surface area contributed by atoms with E-state index in [4.69, 9.17) is 0 Å². The Morgan fingerprint density at radius 2 is 1.67 bits per heavy atom. The van der Waals surface area contributed by atoms with Gasteiger partial charge in [-0.1, -0.05) is 30.3 Å². The molecular weight excluding hydrogens is 410 g/mol. The van der Waals surface area contributed by atoms with Gasteiger partial charge in [-0.25, -0.2) is 17.2 Å². The third-order valence-corrected chi connectivity index (χ3v) is 5.94. The zero-order chi connectivity index (χ0) is 21.7. The van der Waals surface area contributed by atoms with Crippen molar-refractivity contribution in [1.82, 2.24) is 0 Å². The number of aryl methyl sites for hydroxylation is 2. The van der Waals surface area contributed by atoms with E-state index in [1.165, 1.54) is 36.4 Å². The van der Waals surface area contributed by atoms with Gasteiger partial charge >= 0.3 is 0 Å². The van der Waals surface area contributed by atoms with Crippen LogP contribution in [0.1, 0.15) is 17.5 Å². The van der Waals surface area contributed by atoms with Crippen molar-refractivity contribution < 1.29 is 22.0 Å². The van der Waals surface area contributed by atoms with E-state index in [-0.39, 0.29) is 28.7 Å². The van der Waals surface area contributed by atoms with Crippen LogP contribution in [0.5, 0.6) is 0 Å². The SMILES string of the molecule is Cc1ccc(NC(=O)CCc2ccc(F)cc2)cc1S(=O)(=O)Nc1ccccc1F. The third kappa shape index (κ3) is 5.42. The van der Waals surface area contributed by atoms with E-state index in [1.54, 1.807) is 31.2 Å². The van der Waals surface area contributed by atoms with Gasteiger partial charge in [0.2, 0.25) is 5.91 Å². The Morgan fingerprint density at radius 1 is 0.967 bits per heavy atom. The molecule has 5 nitrogen and oxygen atoms in total. The number of sulfonamides is 1. The fourth-order valence-electron chi connectivity index (χ4n) is 2.84. The predicted octanol–water partition coefficient (Wildman–Crippen LogP) is 4.65. The number of benzene rings is 3. The minimum absolute atomic E-state index is 0.0675. The van der Waals surface area contributed by atoms with Crippen LogP contribution in [-0.4, -0.2) is 14.3 Å². The molecule has 0 saturated heterocycles. The molecule has 30 heavy (non-hydrogen) atoms. The van der Waals surface area contributed by atoms with Crippen molar-refractivity contribution in [2.24, 2.45) is 0 Å². The van der Waals surface area contributed by atoms with E-state index in [2.05, 4.69) is 10.0 Å². The molecule has 0 fully saturated rings. The second kappa shape index (κ2) is 9.04. The lowest BCUT2D eigenvalue weighted by atomic mass is 10.1. The molecule has 0 bridgehead atoms. The van der Waals surface area contributed by atoms with Crippen molar-refractivity contribution in [3.63, 3.8) is 0 Å². The summed E-state index contributed by atoms with van der Waals surface area (Å²) in [6, 6.07) is 15.8.